The van der Waals surface area contributed by atoms with Crippen molar-refractivity contribution >= 4 is 34.3 Å². The summed E-state index contributed by atoms with van der Waals surface area (Å²) in [5.41, 5.74) is 4.57. The summed E-state index contributed by atoms with van der Waals surface area (Å²) in [5.74, 6) is 0. The number of para-hydroxylation sites is 1. The SMILES string of the molecule is C=Cc1cc(N(C)c2ccccc2)c2ccccc2c1C=C. The summed E-state index contributed by atoms with van der Waals surface area (Å²) >= 11 is 0. The van der Waals surface area contributed by atoms with Crippen molar-refractivity contribution in [2.45, 2.75) is 0 Å². The average Bonchev–Trinajstić information content (AvgIpc) is 2.60. The van der Waals surface area contributed by atoms with Gasteiger partial charge >= 0.3 is 0 Å². The quantitative estimate of drug-likeness (QED) is 0.577. The number of hydrogen-bond donors (Lipinski definition) is 0. The molecule has 1 nitrogen and oxygen atoms in total. The fraction of sp³-hybridized carbons (Fsp3) is 0.0476. The maximum Gasteiger partial charge on any atom is 0.0494 e. The largest absolute Gasteiger partial charge is 0.344 e. The molecule has 0 fully saturated rings. The van der Waals surface area contributed by atoms with Crippen molar-refractivity contribution in [3.63, 3.8) is 0 Å². The highest BCUT2D eigenvalue weighted by Crippen LogP contribution is 2.35. The second-order valence-electron chi connectivity index (χ2n) is 5.25. The van der Waals surface area contributed by atoms with E-state index in [-0.39, 0.29) is 0 Å². The molecule has 0 atom stereocenters. The van der Waals surface area contributed by atoms with Crippen LogP contribution in [-0.4, -0.2) is 7.05 Å². The van der Waals surface area contributed by atoms with Crippen molar-refractivity contribution in [3.8, 4) is 0 Å². The van der Waals surface area contributed by atoms with Gasteiger partial charge in [0.05, 0.1) is 0 Å². The van der Waals surface area contributed by atoms with Crippen LogP contribution in [0.1, 0.15) is 11.1 Å². The topological polar surface area (TPSA) is 3.24 Å². The predicted octanol–water partition coefficient (Wildman–Crippen LogP) is 5.89. The van der Waals surface area contributed by atoms with E-state index in [4.69, 9.17) is 0 Å². The van der Waals surface area contributed by atoms with Gasteiger partial charge in [0.2, 0.25) is 0 Å². The summed E-state index contributed by atoms with van der Waals surface area (Å²) in [7, 11) is 2.09. The molecule has 0 saturated heterocycles. The van der Waals surface area contributed by atoms with Crippen LogP contribution in [-0.2, 0) is 0 Å². The zero-order valence-electron chi connectivity index (χ0n) is 12.8. The molecule has 0 saturated carbocycles. The smallest absolute Gasteiger partial charge is 0.0494 e. The summed E-state index contributed by atoms with van der Waals surface area (Å²) in [6.07, 6.45) is 3.80. The van der Waals surface area contributed by atoms with Gasteiger partial charge in [-0.1, -0.05) is 67.8 Å². The van der Waals surface area contributed by atoms with Gasteiger partial charge in [0.15, 0.2) is 0 Å². The molecule has 1 heteroatoms. The van der Waals surface area contributed by atoms with Crippen LogP contribution < -0.4 is 4.90 Å². The minimum absolute atomic E-state index is 1.10. The van der Waals surface area contributed by atoms with Gasteiger partial charge in [-0.25, -0.2) is 0 Å². The molecule has 0 aliphatic carbocycles. The van der Waals surface area contributed by atoms with Crippen molar-refractivity contribution < 1.29 is 0 Å². The van der Waals surface area contributed by atoms with Crippen molar-refractivity contribution in [2.75, 3.05) is 11.9 Å². The van der Waals surface area contributed by atoms with E-state index in [9.17, 15) is 0 Å². The maximum absolute atomic E-state index is 3.96. The Morgan fingerprint density at radius 3 is 2.09 bits per heavy atom. The van der Waals surface area contributed by atoms with Gasteiger partial charge in [0.25, 0.3) is 0 Å². The van der Waals surface area contributed by atoms with E-state index in [1.807, 2.05) is 18.2 Å². The van der Waals surface area contributed by atoms with Gasteiger partial charge in [-0.3, -0.25) is 0 Å². The summed E-state index contributed by atoms with van der Waals surface area (Å²) < 4.78 is 0. The minimum atomic E-state index is 1.10. The molecule has 22 heavy (non-hydrogen) atoms. The lowest BCUT2D eigenvalue weighted by atomic mass is 9.96. The zero-order valence-corrected chi connectivity index (χ0v) is 12.8. The first-order chi connectivity index (χ1) is 10.8. The van der Waals surface area contributed by atoms with Crippen molar-refractivity contribution in [3.05, 3.63) is 84.9 Å². The summed E-state index contributed by atoms with van der Waals surface area (Å²) in [6, 6.07) is 21.0. The third kappa shape index (κ3) is 2.31. The molecule has 0 radical (unpaired) electrons. The summed E-state index contributed by atoms with van der Waals surface area (Å²) in [5, 5.41) is 2.42. The molecule has 0 aliphatic rings. The fourth-order valence-corrected chi connectivity index (χ4v) is 2.86. The number of anilines is 2. The Balaban J connectivity index is 2.30. The molecule has 0 unspecified atom stereocenters. The van der Waals surface area contributed by atoms with E-state index in [0.717, 1.165) is 16.8 Å². The molecule has 0 N–H and O–H groups in total. The van der Waals surface area contributed by atoms with Crippen LogP contribution in [0.15, 0.2) is 73.8 Å². The van der Waals surface area contributed by atoms with E-state index in [1.165, 1.54) is 16.5 Å². The van der Waals surface area contributed by atoms with Gasteiger partial charge < -0.3 is 4.90 Å². The third-order valence-electron chi connectivity index (χ3n) is 4.03. The van der Waals surface area contributed by atoms with Crippen molar-refractivity contribution in [1.82, 2.24) is 0 Å². The number of hydrogen-bond acceptors (Lipinski definition) is 1. The Morgan fingerprint density at radius 1 is 0.818 bits per heavy atom. The van der Waals surface area contributed by atoms with Crippen molar-refractivity contribution in [1.29, 1.82) is 0 Å². The molecule has 0 amide bonds. The van der Waals surface area contributed by atoms with Crippen LogP contribution in [0.25, 0.3) is 22.9 Å². The van der Waals surface area contributed by atoms with Crippen LogP contribution in [0.2, 0.25) is 0 Å². The Kier molecular flexibility index (Phi) is 3.80. The number of fused-ring (bicyclic) bond motifs is 1. The van der Waals surface area contributed by atoms with E-state index in [0.29, 0.717) is 0 Å². The highest BCUT2D eigenvalue weighted by Gasteiger charge is 2.12. The Morgan fingerprint density at radius 2 is 1.45 bits per heavy atom. The van der Waals surface area contributed by atoms with Crippen LogP contribution in [0.5, 0.6) is 0 Å². The van der Waals surface area contributed by atoms with Gasteiger partial charge in [0.1, 0.15) is 0 Å². The van der Waals surface area contributed by atoms with Crippen LogP contribution in [0.3, 0.4) is 0 Å². The first-order valence-electron chi connectivity index (χ1n) is 7.35. The van der Waals surface area contributed by atoms with Gasteiger partial charge in [-0.15, -0.1) is 0 Å². The second-order valence-corrected chi connectivity index (χ2v) is 5.25. The monoisotopic (exact) mass is 285 g/mol. The van der Waals surface area contributed by atoms with E-state index < -0.39 is 0 Å². The molecular formula is C21H19N. The molecule has 0 spiro atoms. The fourth-order valence-electron chi connectivity index (χ4n) is 2.86. The molecule has 108 valence electrons. The molecular weight excluding hydrogens is 266 g/mol. The highest BCUT2D eigenvalue weighted by atomic mass is 15.1. The predicted molar refractivity (Wildman–Crippen MR) is 98.6 cm³/mol. The van der Waals surface area contributed by atoms with E-state index in [2.05, 4.69) is 79.7 Å². The second kappa shape index (κ2) is 5.90. The lowest BCUT2D eigenvalue weighted by molar-refractivity contribution is 1.22. The molecule has 0 aliphatic heterocycles. The Bertz CT molecular complexity index is 831. The first-order valence-corrected chi connectivity index (χ1v) is 7.35. The van der Waals surface area contributed by atoms with Crippen LogP contribution >= 0.6 is 0 Å². The zero-order chi connectivity index (χ0) is 15.5. The van der Waals surface area contributed by atoms with Gasteiger partial charge in [-0.2, -0.15) is 0 Å². The normalized spacial score (nSPS) is 10.4. The summed E-state index contributed by atoms with van der Waals surface area (Å²) in [4.78, 5) is 2.21. The molecule has 3 aromatic rings. The van der Waals surface area contributed by atoms with Crippen LogP contribution in [0, 0.1) is 0 Å². The maximum atomic E-state index is 3.96. The first kappa shape index (κ1) is 14.2. The van der Waals surface area contributed by atoms with E-state index in [1.54, 1.807) is 0 Å². The minimum Gasteiger partial charge on any atom is -0.344 e. The third-order valence-corrected chi connectivity index (χ3v) is 4.03. The van der Waals surface area contributed by atoms with Crippen LogP contribution in [0.4, 0.5) is 11.4 Å². The number of rotatable bonds is 4. The average molecular weight is 285 g/mol. The van der Waals surface area contributed by atoms with E-state index >= 15 is 0 Å². The Labute approximate surface area is 131 Å². The number of benzene rings is 3. The van der Waals surface area contributed by atoms with Crippen molar-refractivity contribution in [2.24, 2.45) is 0 Å². The molecule has 0 heterocycles. The lowest BCUT2D eigenvalue weighted by Crippen LogP contribution is -2.10. The number of nitrogens with zero attached hydrogens (tertiary/aromatic N) is 1. The van der Waals surface area contributed by atoms with Gasteiger partial charge in [-0.05, 0) is 34.7 Å². The summed E-state index contributed by atoms with van der Waals surface area (Å²) in [6.45, 7) is 7.91. The molecule has 0 bridgehead atoms. The lowest BCUT2D eigenvalue weighted by Gasteiger charge is -2.23. The standard InChI is InChI=1S/C21H19N/c1-4-16-15-21(22(3)17-11-7-6-8-12-17)20-14-10-9-13-19(20)18(16)5-2/h4-15H,1-2H2,3H3. The highest BCUT2D eigenvalue weighted by molar-refractivity contribution is 6.03. The molecule has 3 rings (SSSR count). The van der Waals surface area contributed by atoms with Gasteiger partial charge in [0, 0.05) is 23.8 Å². The Hall–Kier alpha value is -2.80. The molecule has 3 aromatic carbocycles. The molecule has 0 aromatic heterocycles.